The third kappa shape index (κ3) is 2.36. The van der Waals surface area contributed by atoms with Gasteiger partial charge in [0.2, 0.25) is 0 Å². The fourth-order valence-corrected chi connectivity index (χ4v) is 1.19. The van der Waals surface area contributed by atoms with Crippen molar-refractivity contribution in [3.63, 3.8) is 0 Å². The molecule has 0 spiro atoms. The van der Waals surface area contributed by atoms with E-state index in [1.807, 2.05) is 6.92 Å². The van der Waals surface area contributed by atoms with Gasteiger partial charge < -0.3 is 14.8 Å². The minimum atomic E-state index is -1.53. The molecule has 14 heavy (non-hydrogen) atoms. The Morgan fingerprint density at radius 2 is 2.29 bits per heavy atom. The van der Waals surface area contributed by atoms with Crippen molar-refractivity contribution in [3.05, 3.63) is 29.0 Å². The van der Waals surface area contributed by atoms with Gasteiger partial charge in [0.05, 0.1) is 12.2 Å². The molecular weight excluding hydrogens is 183 g/mol. The van der Waals surface area contributed by atoms with Crippen LogP contribution in [0.25, 0.3) is 0 Å². The van der Waals surface area contributed by atoms with E-state index in [9.17, 15) is 4.79 Å². The van der Waals surface area contributed by atoms with Gasteiger partial charge in [0.1, 0.15) is 11.7 Å². The van der Waals surface area contributed by atoms with E-state index in [4.69, 9.17) is 14.8 Å². The molecule has 5 heteroatoms. The molecule has 0 aromatic heterocycles. The molecule has 0 aromatic rings. The smallest absolute Gasteiger partial charge is 0.484 e. The van der Waals surface area contributed by atoms with Crippen molar-refractivity contribution in [2.24, 2.45) is 0 Å². The largest absolute Gasteiger partial charge is 0.493 e. The third-order valence-corrected chi connectivity index (χ3v) is 1.88. The summed E-state index contributed by atoms with van der Waals surface area (Å²) in [5.41, 5.74) is 0.684. The van der Waals surface area contributed by atoms with Crippen molar-refractivity contribution in [1.29, 1.82) is 0 Å². The molecule has 0 bridgehead atoms. The molecule has 0 atom stereocenters. The van der Waals surface area contributed by atoms with Crippen LogP contribution in [0, 0.1) is 0 Å². The Morgan fingerprint density at radius 1 is 1.57 bits per heavy atom. The van der Waals surface area contributed by atoms with E-state index in [1.165, 1.54) is 6.08 Å². The first-order valence-corrected chi connectivity index (χ1v) is 4.33. The predicted octanol–water partition coefficient (Wildman–Crippen LogP) is 0.00690. The second kappa shape index (κ2) is 4.81. The van der Waals surface area contributed by atoms with Crippen LogP contribution in [0.1, 0.15) is 13.3 Å². The lowest BCUT2D eigenvalue weighted by Gasteiger charge is -2.15. The van der Waals surface area contributed by atoms with Crippen LogP contribution in [-0.4, -0.2) is 29.7 Å². The second-order valence-corrected chi connectivity index (χ2v) is 2.84. The Labute approximate surface area is 82.3 Å². The molecule has 0 heterocycles. The lowest BCUT2D eigenvalue weighted by molar-refractivity contribution is 0.236. The fourth-order valence-electron chi connectivity index (χ4n) is 1.19. The van der Waals surface area contributed by atoms with Gasteiger partial charge in [0.15, 0.2) is 0 Å². The number of hydrogen-bond acceptors (Lipinski definition) is 4. The zero-order chi connectivity index (χ0) is 10.6. The lowest BCUT2D eigenvalue weighted by atomic mass is 9.74. The maximum Gasteiger partial charge on any atom is 0.484 e. The number of carbonyl (C=O) groups excluding carboxylic acids is 1. The highest BCUT2D eigenvalue weighted by atomic mass is 16.5. The summed E-state index contributed by atoms with van der Waals surface area (Å²) < 4.78 is 5.17. The van der Waals surface area contributed by atoms with Crippen molar-refractivity contribution >= 4 is 13.1 Å². The molecule has 0 unspecified atom stereocenters. The van der Waals surface area contributed by atoms with Crippen LogP contribution >= 0.6 is 0 Å². The Morgan fingerprint density at radius 3 is 2.79 bits per heavy atom. The minimum absolute atomic E-state index is 0.174. The van der Waals surface area contributed by atoms with E-state index in [2.05, 4.69) is 0 Å². The topological polar surface area (TPSA) is 66.8 Å². The molecule has 0 aliphatic heterocycles. The highest BCUT2D eigenvalue weighted by Gasteiger charge is 2.21. The van der Waals surface area contributed by atoms with Gasteiger partial charge in [0.25, 0.3) is 0 Å². The van der Waals surface area contributed by atoms with E-state index in [-0.39, 0.29) is 6.42 Å². The maximum atomic E-state index is 10.5. The average molecular weight is 194 g/mol. The van der Waals surface area contributed by atoms with Gasteiger partial charge in [-0.1, -0.05) is 6.08 Å². The number of hydrogen-bond donors (Lipinski definition) is 2. The fraction of sp³-hybridized carbons (Fsp3) is 0.333. The second-order valence-electron chi connectivity index (χ2n) is 2.84. The standard InChI is InChI=1S/C9H11BO4/c1-2-14-9-4-3-8(10(12)13)5-7(9)6-11/h3-4,12-13H,2,5H2,1H3. The summed E-state index contributed by atoms with van der Waals surface area (Å²) in [6, 6.07) is 0. The van der Waals surface area contributed by atoms with Crippen LogP contribution in [0.4, 0.5) is 0 Å². The van der Waals surface area contributed by atoms with E-state index in [0.717, 1.165) is 0 Å². The van der Waals surface area contributed by atoms with E-state index < -0.39 is 7.12 Å². The highest BCUT2D eigenvalue weighted by Crippen LogP contribution is 2.23. The summed E-state index contributed by atoms with van der Waals surface area (Å²) in [5, 5.41) is 17.8. The van der Waals surface area contributed by atoms with Gasteiger partial charge in [-0.3, -0.25) is 0 Å². The minimum Gasteiger partial charge on any atom is -0.493 e. The number of allylic oxidation sites excluding steroid dienone is 4. The molecule has 0 fully saturated rings. The zero-order valence-electron chi connectivity index (χ0n) is 7.86. The van der Waals surface area contributed by atoms with Crippen LogP contribution in [0.3, 0.4) is 0 Å². The Hall–Kier alpha value is -1.29. The van der Waals surface area contributed by atoms with Crippen molar-refractivity contribution < 1.29 is 19.6 Å². The van der Waals surface area contributed by atoms with E-state index >= 15 is 0 Å². The zero-order valence-corrected chi connectivity index (χ0v) is 7.86. The SMILES string of the molecule is CCOC1=CC=C(B(O)O)CC1=C=O. The van der Waals surface area contributed by atoms with Crippen molar-refractivity contribution in [1.82, 2.24) is 0 Å². The first kappa shape index (κ1) is 10.8. The van der Waals surface area contributed by atoms with Gasteiger partial charge in [-0.25, -0.2) is 4.79 Å². The van der Waals surface area contributed by atoms with Crippen LogP contribution in [-0.2, 0) is 9.53 Å². The lowest BCUT2D eigenvalue weighted by Crippen LogP contribution is -2.18. The highest BCUT2D eigenvalue weighted by molar-refractivity contribution is 6.51. The van der Waals surface area contributed by atoms with E-state index in [0.29, 0.717) is 23.4 Å². The summed E-state index contributed by atoms with van der Waals surface area (Å²) >= 11 is 0. The van der Waals surface area contributed by atoms with Crippen molar-refractivity contribution in [3.8, 4) is 0 Å². The molecule has 0 saturated heterocycles. The predicted molar refractivity (Wildman–Crippen MR) is 51.8 cm³/mol. The number of ether oxygens (including phenoxy) is 1. The summed E-state index contributed by atoms with van der Waals surface area (Å²) in [4.78, 5) is 10.5. The number of rotatable bonds is 3. The molecule has 0 radical (unpaired) electrons. The first-order chi connectivity index (χ1) is 6.69. The molecule has 1 aliphatic carbocycles. The Balaban J connectivity index is 2.90. The maximum absolute atomic E-state index is 10.5. The van der Waals surface area contributed by atoms with Gasteiger partial charge in [-0.15, -0.1) is 0 Å². The van der Waals surface area contributed by atoms with Crippen molar-refractivity contribution in [2.75, 3.05) is 6.61 Å². The van der Waals surface area contributed by atoms with Gasteiger partial charge in [-0.2, -0.15) is 0 Å². The van der Waals surface area contributed by atoms with Crippen LogP contribution < -0.4 is 0 Å². The molecule has 0 amide bonds. The molecule has 0 aromatic carbocycles. The quantitative estimate of drug-likeness (QED) is 0.490. The molecule has 2 N–H and O–H groups in total. The van der Waals surface area contributed by atoms with Gasteiger partial charge >= 0.3 is 7.12 Å². The summed E-state index contributed by atoms with van der Waals surface area (Å²) in [6.07, 6.45) is 3.26. The molecule has 4 nitrogen and oxygen atoms in total. The third-order valence-electron chi connectivity index (χ3n) is 1.88. The summed E-state index contributed by atoms with van der Waals surface area (Å²) in [5.74, 6) is 2.18. The summed E-state index contributed by atoms with van der Waals surface area (Å²) in [6.45, 7) is 2.27. The monoisotopic (exact) mass is 194 g/mol. The Kier molecular flexibility index (Phi) is 3.71. The molecule has 74 valence electrons. The van der Waals surface area contributed by atoms with Gasteiger partial charge in [0, 0.05) is 6.42 Å². The van der Waals surface area contributed by atoms with Crippen molar-refractivity contribution in [2.45, 2.75) is 13.3 Å². The Bertz CT molecular complexity index is 324. The molecule has 1 rings (SSSR count). The average Bonchev–Trinajstić information content (AvgIpc) is 2.18. The van der Waals surface area contributed by atoms with Crippen LogP contribution in [0.15, 0.2) is 29.0 Å². The molecule has 0 saturated carbocycles. The first-order valence-electron chi connectivity index (χ1n) is 4.33. The summed E-state index contributed by atoms with van der Waals surface area (Å²) in [7, 11) is -1.53. The molecular formula is C9H11BO4. The van der Waals surface area contributed by atoms with Gasteiger partial charge in [-0.05, 0) is 18.5 Å². The van der Waals surface area contributed by atoms with Crippen LogP contribution in [0.2, 0.25) is 0 Å². The normalized spacial score (nSPS) is 15.5. The molecule has 1 aliphatic rings. The van der Waals surface area contributed by atoms with Crippen LogP contribution in [0.5, 0.6) is 0 Å². The van der Waals surface area contributed by atoms with E-state index in [1.54, 1.807) is 12.0 Å².